The Morgan fingerprint density at radius 2 is 1.77 bits per heavy atom. The van der Waals surface area contributed by atoms with E-state index < -0.39 is 12.2 Å². The average molecular weight is 419 g/mol. The molecule has 4 aliphatic carbocycles. The molecular weight excluding hydrogens is 372 g/mol. The lowest BCUT2D eigenvalue weighted by molar-refractivity contribution is -0.0801. The van der Waals surface area contributed by atoms with E-state index in [0.717, 1.165) is 54.9 Å². The van der Waals surface area contributed by atoms with E-state index in [1.165, 1.54) is 38.5 Å². The van der Waals surface area contributed by atoms with E-state index in [0.29, 0.717) is 23.9 Å². The number of rotatable bonds is 6. The summed E-state index contributed by atoms with van der Waals surface area (Å²) < 4.78 is 0. The van der Waals surface area contributed by atoms with Crippen LogP contribution in [0.25, 0.3) is 0 Å². The van der Waals surface area contributed by atoms with Crippen LogP contribution in [0.1, 0.15) is 91.9 Å². The van der Waals surface area contributed by atoms with Crippen molar-refractivity contribution in [1.82, 2.24) is 0 Å². The van der Waals surface area contributed by atoms with E-state index in [-0.39, 0.29) is 5.41 Å². The Hall–Kier alpha value is -0.380. The van der Waals surface area contributed by atoms with Gasteiger partial charge in [-0.05, 0) is 103 Å². The number of hydrogen-bond acceptors (Lipinski definition) is 3. The van der Waals surface area contributed by atoms with Gasteiger partial charge in [0.1, 0.15) is 6.10 Å². The quantitative estimate of drug-likeness (QED) is 0.511. The summed E-state index contributed by atoms with van der Waals surface area (Å²) in [7, 11) is 0. The first-order valence-electron chi connectivity index (χ1n) is 12.9. The summed E-state index contributed by atoms with van der Waals surface area (Å²) in [6, 6.07) is 0. The Bertz CT molecular complexity index is 644. The molecule has 0 saturated heterocycles. The first-order chi connectivity index (χ1) is 14.2. The molecule has 0 aromatic carbocycles. The molecule has 3 nitrogen and oxygen atoms in total. The van der Waals surface area contributed by atoms with Crippen LogP contribution in [0, 0.1) is 46.3 Å². The van der Waals surface area contributed by atoms with E-state index in [1.807, 2.05) is 0 Å². The minimum atomic E-state index is -0.643. The lowest BCUT2D eigenvalue weighted by Gasteiger charge is -2.59. The Morgan fingerprint density at radius 1 is 1.00 bits per heavy atom. The predicted octanol–water partition coefficient (Wildman–Crippen LogP) is 5.33. The molecule has 10 atom stereocenters. The molecule has 0 radical (unpaired) electrons. The zero-order valence-corrected chi connectivity index (χ0v) is 19.8. The fourth-order valence-electron chi connectivity index (χ4n) is 8.77. The van der Waals surface area contributed by atoms with Gasteiger partial charge in [-0.25, -0.2) is 0 Å². The van der Waals surface area contributed by atoms with Crippen LogP contribution in [0.5, 0.6) is 0 Å². The second kappa shape index (κ2) is 8.52. The van der Waals surface area contributed by atoms with Crippen molar-refractivity contribution in [3.63, 3.8) is 0 Å². The summed E-state index contributed by atoms with van der Waals surface area (Å²) in [5, 5.41) is 30.2. The molecule has 0 bridgehead atoms. The van der Waals surface area contributed by atoms with E-state index in [4.69, 9.17) is 0 Å². The van der Waals surface area contributed by atoms with Crippen molar-refractivity contribution in [2.24, 2.45) is 46.3 Å². The van der Waals surface area contributed by atoms with Crippen LogP contribution in [-0.2, 0) is 0 Å². The summed E-state index contributed by atoms with van der Waals surface area (Å²) in [5.41, 5.74) is 1.72. The Kier molecular flexibility index (Phi) is 6.48. The first-order valence-corrected chi connectivity index (χ1v) is 12.9. The van der Waals surface area contributed by atoms with Gasteiger partial charge in [0.15, 0.2) is 0 Å². The zero-order chi connectivity index (χ0) is 21.7. The average Bonchev–Trinajstić information content (AvgIpc) is 3.08. The van der Waals surface area contributed by atoms with Gasteiger partial charge >= 0.3 is 0 Å². The number of aliphatic hydroxyl groups excluding tert-OH is 3. The second-order valence-corrected chi connectivity index (χ2v) is 12.2. The molecule has 0 amide bonds. The van der Waals surface area contributed by atoms with Gasteiger partial charge in [0.2, 0.25) is 0 Å². The van der Waals surface area contributed by atoms with E-state index in [2.05, 4.69) is 33.8 Å². The molecule has 3 N–H and O–H groups in total. The lowest BCUT2D eigenvalue weighted by Crippen LogP contribution is -2.53. The Morgan fingerprint density at radius 3 is 2.50 bits per heavy atom. The third-order valence-electron chi connectivity index (χ3n) is 10.6. The van der Waals surface area contributed by atoms with Gasteiger partial charge in [-0.2, -0.15) is 0 Å². The molecular formula is C27H46O3. The second-order valence-electron chi connectivity index (χ2n) is 12.2. The van der Waals surface area contributed by atoms with Crippen LogP contribution < -0.4 is 0 Å². The fourth-order valence-corrected chi connectivity index (χ4v) is 8.77. The van der Waals surface area contributed by atoms with Crippen LogP contribution >= 0.6 is 0 Å². The van der Waals surface area contributed by atoms with Gasteiger partial charge in [-0.15, -0.1) is 0 Å². The molecule has 10 unspecified atom stereocenters. The molecule has 4 rings (SSSR count). The zero-order valence-electron chi connectivity index (χ0n) is 19.8. The molecule has 0 heterocycles. The largest absolute Gasteiger partial charge is 0.396 e. The van der Waals surface area contributed by atoms with Crippen LogP contribution in [0.15, 0.2) is 11.6 Å². The third kappa shape index (κ3) is 3.61. The maximum absolute atomic E-state index is 10.7. The van der Waals surface area contributed by atoms with Crippen molar-refractivity contribution >= 4 is 0 Å². The van der Waals surface area contributed by atoms with Gasteiger partial charge in [0.05, 0.1) is 6.10 Å². The lowest BCUT2D eigenvalue weighted by atomic mass is 9.46. The van der Waals surface area contributed by atoms with E-state index >= 15 is 0 Å². The molecule has 0 aliphatic heterocycles. The maximum Gasteiger partial charge on any atom is 0.101 e. The Labute approximate surface area is 184 Å². The van der Waals surface area contributed by atoms with Crippen LogP contribution in [0.3, 0.4) is 0 Å². The highest BCUT2D eigenvalue weighted by molar-refractivity contribution is 5.29. The minimum absolute atomic E-state index is 0.0903. The molecule has 3 fully saturated rings. The highest BCUT2D eigenvalue weighted by Crippen LogP contribution is 2.67. The Balaban J connectivity index is 1.48. The van der Waals surface area contributed by atoms with Gasteiger partial charge in [-0.1, -0.05) is 46.6 Å². The smallest absolute Gasteiger partial charge is 0.101 e. The van der Waals surface area contributed by atoms with E-state index in [9.17, 15) is 15.3 Å². The van der Waals surface area contributed by atoms with Crippen molar-refractivity contribution in [3.05, 3.63) is 11.6 Å². The maximum atomic E-state index is 10.7. The molecule has 0 aromatic rings. The number of aliphatic hydroxyl groups is 3. The summed E-state index contributed by atoms with van der Waals surface area (Å²) in [5.74, 6) is 4.31. The number of hydrogen-bond donors (Lipinski definition) is 3. The van der Waals surface area contributed by atoms with Crippen molar-refractivity contribution < 1.29 is 15.3 Å². The standard InChI is InChI=1S/C27H46O3/c1-17(16-28)6-5-7-18(2)20-10-11-21-19-8-9-23-25(30)24(29)13-15-27(23,4)22(19)12-14-26(20,21)3/h9,17-22,24-25,28-30H,5-8,10-16H2,1-4H3. The highest BCUT2D eigenvalue weighted by atomic mass is 16.3. The fraction of sp³-hybridized carbons (Fsp3) is 0.926. The van der Waals surface area contributed by atoms with Crippen molar-refractivity contribution in [2.75, 3.05) is 6.61 Å². The first kappa shape index (κ1) is 22.8. The van der Waals surface area contributed by atoms with Crippen molar-refractivity contribution in [1.29, 1.82) is 0 Å². The summed E-state index contributed by atoms with van der Waals surface area (Å²) in [6.07, 6.45) is 13.1. The van der Waals surface area contributed by atoms with Crippen molar-refractivity contribution in [3.8, 4) is 0 Å². The van der Waals surface area contributed by atoms with Crippen LogP contribution in [0.2, 0.25) is 0 Å². The molecule has 3 heteroatoms. The van der Waals surface area contributed by atoms with E-state index in [1.54, 1.807) is 0 Å². The minimum Gasteiger partial charge on any atom is -0.396 e. The number of allylic oxidation sites excluding steroid dienone is 1. The summed E-state index contributed by atoms with van der Waals surface area (Å²) in [6.45, 7) is 9.98. The van der Waals surface area contributed by atoms with Crippen LogP contribution in [-0.4, -0.2) is 34.1 Å². The summed E-state index contributed by atoms with van der Waals surface area (Å²) >= 11 is 0. The van der Waals surface area contributed by atoms with Gasteiger partial charge in [0, 0.05) is 6.61 Å². The third-order valence-corrected chi connectivity index (χ3v) is 10.6. The molecule has 30 heavy (non-hydrogen) atoms. The monoisotopic (exact) mass is 418 g/mol. The predicted molar refractivity (Wildman–Crippen MR) is 122 cm³/mol. The normalized spacial score (nSPS) is 47.6. The topological polar surface area (TPSA) is 60.7 Å². The van der Waals surface area contributed by atoms with Gasteiger partial charge in [0.25, 0.3) is 0 Å². The SMILES string of the molecule is CC(CO)CCCC(C)C1CCC2C3CC=C4C(O)C(O)CCC4(C)C3CCC12C. The molecule has 4 aliphatic rings. The van der Waals surface area contributed by atoms with Gasteiger partial charge in [-0.3, -0.25) is 0 Å². The molecule has 0 spiro atoms. The van der Waals surface area contributed by atoms with Gasteiger partial charge < -0.3 is 15.3 Å². The highest BCUT2D eigenvalue weighted by Gasteiger charge is 2.60. The molecule has 3 saturated carbocycles. The van der Waals surface area contributed by atoms with Crippen molar-refractivity contribution in [2.45, 2.75) is 104 Å². The molecule has 0 aromatic heterocycles. The van der Waals surface area contributed by atoms with Crippen LogP contribution in [0.4, 0.5) is 0 Å². The molecule has 172 valence electrons. The summed E-state index contributed by atoms with van der Waals surface area (Å²) in [4.78, 5) is 0. The number of fused-ring (bicyclic) bond motifs is 5.